The lowest BCUT2D eigenvalue weighted by atomic mass is 9.95. The molecule has 1 saturated carbocycles. The van der Waals surface area contributed by atoms with Crippen LogP contribution >= 0.6 is 0 Å². The summed E-state index contributed by atoms with van der Waals surface area (Å²) in [6.07, 6.45) is 7.13. The number of pyridine rings is 1. The SMILES string of the molecule is CCCc1noc2nc(C3CC3)cc(C(=O)N3CCCCC3C(C)N)c12. The first kappa shape index (κ1) is 17.5. The normalized spacial score (nSPS) is 22.0. The number of hydrogen-bond acceptors (Lipinski definition) is 5. The molecule has 0 bridgehead atoms. The number of hydrogen-bond donors (Lipinski definition) is 1. The molecule has 1 aliphatic carbocycles. The molecule has 1 aliphatic heterocycles. The molecule has 6 heteroatoms. The summed E-state index contributed by atoms with van der Waals surface area (Å²) < 4.78 is 5.52. The van der Waals surface area contributed by atoms with E-state index in [9.17, 15) is 4.79 Å². The summed E-state index contributed by atoms with van der Waals surface area (Å²) in [6.45, 7) is 4.86. The van der Waals surface area contributed by atoms with Gasteiger partial charge in [-0.15, -0.1) is 0 Å². The zero-order valence-corrected chi connectivity index (χ0v) is 15.7. The summed E-state index contributed by atoms with van der Waals surface area (Å²) in [4.78, 5) is 20.2. The molecule has 1 amide bonds. The fraction of sp³-hybridized carbons (Fsp3) is 0.650. The number of aryl methyl sites for hydroxylation is 1. The van der Waals surface area contributed by atoms with Crippen LogP contribution in [0.15, 0.2) is 10.6 Å². The van der Waals surface area contributed by atoms with Crippen LogP contribution in [0.1, 0.15) is 80.0 Å². The zero-order chi connectivity index (χ0) is 18.3. The van der Waals surface area contributed by atoms with E-state index in [1.165, 1.54) is 0 Å². The van der Waals surface area contributed by atoms with E-state index < -0.39 is 0 Å². The van der Waals surface area contributed by atoms with Crippen LogP contribution in [0, 0.1) is 0 Å². The maximum atomic E-state index is 13.6. The average molecular weight is 356 g/mol. The van der Waals surface area contributed by atoms with Gasteiger partial charge >= 0.3 is 0 Å². The van der Waals surface area contributed by atoms with Gasteiger partial charge in [-0.05, 0) is 51.5 Å². The smallest absolute Gasteiger partial charge is 0.259 e. The third-order valence-electron chi connectivity index (χ3n) is 5.67. The van der Waals surface area contributed by atoms with E-state index in [0.29, 0.717) is 17.2 Å². The van der Waals surface area contributed by atoms with Crippen molar-refractivity contribution in [1.82, 2.24) is 15.0 Å². The van der Waals surface area contributed by atoms with E-state index in [4.69, 9.17) is 10.3 Å². The Morgan fingerprint density at radius 1 is 1.38 bits per heavy atom. The fourth-order valence-corrected chi connectivity index (χ4v) is 4.10. The maximum absolute atomic E-state index is 13.6. The van der Waals surface area contributed by atoms with E-state index >= 15 is 0 Å². The molecular weight excluding hydrogens is 328 g/mol. The molecule has 2 fully saturated rings. The van der Waals surface area contributed by atoms with Crippen LogP contribution in [-0.2, 0) is 6.42 Å². The van der Waals surface area contributed by atoms with Gasteiger partial charge in [0, 0.05) is 30.2 Å². The Bertz CT molecular complexity index is 809. The number of fused-ring (bicyclic) bond motifs is 1. The molecule has 26 heavy (non-hydrogen) atoms. The molecular formula is C20H28N4O2. The topological polar surface area (TPSA) is 85.2 Å². The Labute approximate surface area is 154 Å². The lowest BCUT2D eigenvalue weighted by Gasteiger charge is -2.38. The summed E-state index contributed by atoms with van der Waals surface area (Å²) in [5, 5.41) is 5.02. The van der Waals surface area contributed by atoms with Gasteiger partial charge in [-0.25, -0.2) is 4.98 Å². The molecule has 3 heterocycles. The minimum Gasteiger partial charge on any atom is -0.336 e. The molecule has 2 aromatic heterocycles. The van der Waals surface area contributed by atoms with Gasteiger partial charge in [0.2, 0.25) is 0 Å². The number of carbonyl (C=O) groups is 1. The molecule has 2 unspecified atom stereocenters. The Hall–Kier alpha value is -1.95. The number of likely N-dealkylation sites (tertiary alicyclic amines) is 1. The van der Waals surface area contributed by atoms with Crippen LogP contribution < -0.4 is 5.73 Å². The van der Waals surface area contributed by atoms with E-state index in [1.807, 2.05) is 17.9 Å². The third-order valence-corrected chi connectivity index (χ3v) is 5.67. The van der Waals surface area contributed by atoms with Gasteiger partial charge in [-0.3, -0.25) is 4.79 Å². The van der Waals surface area contributed by atoms with Gasteiger partial charge < -0.3 is 15.2 Å². The summed E-state index contributed by atoms with van der Waals surface area (Å²) in [7, 11) is 0. The second kappa shape index (κ2) is 6.99. The monoisotopic (exact) mass is 356 g/mol. The van der Waals surface area contributed by atoms with E-state index in [-0.39, 0.29) is 18.0 Å². The van der Waals surface area contributed by atoms with Crippen LogP contribution in [0.3, 0.4) is 0 Å². The van der Waals surface area contributed by atoms with Crippen LogP contribution in [-0.4, -0.2) is 39.6 Å². The fourth-order valence-electron chi connectivity index (χ4n) is 4.10. The second-order valence-corrected chi connectivity index (χ2v) is 7.85. The number of carbonyl (C=O) groups excluding carboxylic acids is 1. The van der Waals surface area contributed by atoms with E-state index in [2.05, 4.69) is 17.1 Å². The molecule has 140 valence electrons. The van der Waals surface area contributed by atoms with Gasteiger partial charge in [-0.2, -0.15) is 0 Å². The molecule has 0 spiro atoms. The highest BCUT2D eigenvalue weighted by Crippen LogP contribution is 2.41. The Morgan fingerprint density at radius 3 is 2.88 bits per heavy atom. The van der Waals surface area contributed by atoms with Crippen molar-refractivity contribution in [3.8, 4) is 0 Å². The third kappa shape index (κ3) is 3.11. The molecule has 2 aromatic rings. The molecule has 2 atom stereocenters. The van der Waals surface area contributed by atoms with Crippen LogP contribution in [0.25, 0.3) is 11.1 Å². The van der Waals surface area contributed by atoms with Crippen molar-refractivity contribution in [1.29, 1.82) is 0 Å². The number of piperidine rings is 1. The number of aromatic nitrogens is 2. The van der Waals surface area contributed by atoms with Crippen molar-refractivity contribution >= 4 is 17.0 Å². The number of rotatable bonds is 5. The van der Waals surface area contributed by atoms with Gasteiger partial charge in [0.1, 0.15) is 0 Å². The van der Waals surface area contributed by atoms with Crippen molar-refractivity contribution in [3.05, 3.63) is 23.0 Å². The number of nitrogens with two attached hydrogens (primary N) is 1. The zero-order valence-electron chi connectivity index (χ0n) is 15.7. The number of amides is 1. The van der Waals surface area contributed by atoms with Crippen molar-refractivity contribution < 1.29 is 9.32 Å². The highest BCUT2D eigenvalue weighted by molar-refractivity contribution is 6.06. The summed E-state index contributed by atoms with van der Waals surface area (Å²) in [6, 6.07) is 2.06. The second-order valence-electron chi connectivity index (χ2n) is 7.85. The largest absolute Gasteiger partial charge is 0.336 e. The van der Waals surface area contributed by atoms with Gasteiger partial charge in [0.25, 0.3) is 11.6 Å². The van der Waals surface area contributed by atoms with Gasteiger partial charge in [0.05, 0.1) is 16.6 Å². The summed E-state index contributed by atoms with van der Waals surface area (Å²) in [5.74, 6) is 0.512. The first-order chi connectivity index (χ1) is 12.6. The molecule has 4 rings (SSSR count). The van der Waals surface area contributed by atoms with Gasteiger partial charge in [-0.1, -0.05) is 18.5 Å². The Kier molecular flexibility index (Phi) is 4.69. The lowest BCUT2D eigenvalue weighted by molar-refractivity contribution is 0.0585. The van der Waals surface area contributed by atoms with Crippen LogP contribution in [0.5, 0.6) is 0 Å². The minimum atomic E-state index is -0.0305. The predicted octanol–water partition coefficient (Wildman–Crippen LogP) is 3.39. The Morgan fingerprint density at radius 2 is 2.19 bits per heavy atom. The van der Waals surface area contributed by atoms with E-state index in [1.54, 1.807) is 0 Å². The quantitative estimate of drug-likeness (QED) is 0.887. The summed E-state index contributed by atoms with van der Waals surface area (Å²) in [5.41, 5.74) is 9.22. The Balaban J connectivity index is 1.80. The van der Waals surface area contributed by atoms with Gasteiger partial charge in [0.15, 0.2) is 0 Å². The standard InChI is InChI=1S/C20H28N4O2/c1-3-6-15-18-14(11-16(13-8-9-13)22-19(18)26-23-15)20(25)24-10-5-4-7-17(24)12(2)21/h11-13,17H,3-10,21H2,1-2H3. The van der Waals surface area contributed by atoms with Crippen molar-refractivity contribution in [3.63, 3.8) is 0 Å². The maximum Gasteiger partial charge on any atom is 0.259 e. The molecule has 2 aliphatic rings. The van der Waals surface area contributed by atoms with E-state index in [0.717, 1.165) is 68.3 Å². The number of nitrogens with zero attached hydrogens (tertiary/aromatic N) is 3. The average Bonchev–Trinajstić information content (AvgIpc) is 3.43. The van der Waals surface area contributed by atoms with Crippen LogP contribution in [0.4, 0.5) is 0 Å². The molecule has 0 aromatic carbocycles. The highest BCUT2D eigenvalue weighted by atomic mass is 16.5. The molecule has 2 N–H and O–H groups in total. The molecule has 6 nitrogen and oxygen atoms in total. The molecule has 0 radical (unpaired) electrons. The molecule has 1 saturated heterocycles. The summed E-state index contributed by atoms with van der Waals surface area (Å²) >= 11 is 0. The highest BCUT2D eigenvalue weighted by Gasteiger charge is 2.34. The predicted molar refractivity (Wildman–Crippen MR) is 100 cm³/mol. The first-order valence-corrected chi connectivity index (χ1v) is 9.96. The van der Waals surface area contributed by atoms with Crippen LogP contribution in [0.2, 0.25) is 0 Å². The first-order valence-electron chi connectivity index (χ1n) is 9.96. The lowest BCUT2D eigenvalue weighted by Crippen LogP contribution is -2.51. The van der Waals surface area contributed by atoms with Crippen molar-refractivity contribution in [2.45, 2.75) is 76.8 Å². The van der Waals surface area contributed by atoms with Crippen molar-refractivity contribution in [2.75, 3.05) is 6.54 Å². The van der Waals surface area contributed by atoms with Crippen molar-refractivity contribution in [2.24, 2.45) is 5.73 Å². The minimum absolute atomic E-state index is 0.0305.